The van der Waals surface area contributed by atoms with E-state index in [0.717, 1.165) is 12.8 Å². The van der Waals surface area contributed by atoms with Gasteiger partial charge in [0.05, 0.1) is 0 Å². The lowest BCUT2D eigenvalue weighted by Gasteiger charge is -2.43. The Morgan fingerprint density at radius 2 is 2.11 bits per heavy atom. The minimum atomic E-state index is -1.24. The Hall–Kier alpha value is -1.42. The number of carbonyl (C=O) groups excluding carboxylic acids is 2. The predicted octanol–water partition coefficient (Wildman–Crippen LogP) is 1.39. The number of esters is 1. The van der Waals surface area contributed by atoms with Gasteiger partial charge in [0, 0.05) is 11.5 Å². The first-order chi connectivity index (χ1) is 8.82. The molecule has 1 heterocycles. The molecule has 1 aliphatic heterocycles. The Bertz CT molecular complexity index is 520. The van der Waals surface area contributed by atoms with Gasteiger partial charge in [-0.2, -0.15) is 0 Å². The number of ketones is 1. The van der Waals surface area contributed by atoms with Gasteiger partial charge in [-0.05, 0) is 37.8 Å². The maximum Gasteiger partial charge on any atom is 0.334 e. The molecule has 0 unspecified atom stereocenters. The van der Waals surface area contributed by atoms with Crippen LogP contribution in [0.5, 0.6) is 0 Å². The zero-order valence-electron chi connectivity index (χ0n) is 11.2. The van der Waals surface area contributed by atoms with Crippen LogP contribution in [0.2, 0.25) is 0 Å². The molecule has 1 N–H and O–H groups in total. The minimum absolute atomic E-state index is 0.0581. The SMILES string of the molecule is C=C1C(=O)O[C@H]2[C@H]1CC[C@H](C)[C@]1(O)C=CC(=O)[C@@]21C. The van der Waals surface area contributed by atoms with Gasteiger partial charge in [-0.1, -0.05) is 13.5 Å². The van der Waals surface area contributed by atoms with E-state index in [1.54, 1.807) is 13.0 Å². The molecule has 0 aromatic rings. The van der Waals surface area contributed by atoms with Crippen LogP contribution in [0, 0.1) is 17.3 Å². The largest absolute Gasteiger partial charge is 0.457 e. The van der Waals surface area contributed by atoms with E-state index in [0.29, 0.717) is 5.57 Å². The van der Waals surface area contributed by atoms with Crippen LogP contribution in [0.1, 0.15) is 26.7 Å². The number of hydrogen-bond acceptors (Lipinski definition) is 4. The summed E-state index contributed by atoms with van der Waals surface area (Å²) in [6, 6.07) is 0. The molecule has 0 aromatic heterocycles. The molecular formula is C15H18O4. The van der Waals surface area contributed by atoms with E-state index in [9.17, 15) is 14.7 Å². The third kappa shape index (κ3) is 1.27. The van der Waals surface area contributed by atoms with Crippen LogP contribution in [-0.4, -0.2) is 28.6 Å². The quantitative estimate of drug-likeness (QED) is 0.529. The monoisotopic (exact) mass is 262 g/mol. The fraction of sp³-hybridized carbons (Fsp3) is 0.600. The van der Waals surface area contributed by atoms with E-state index in [1.165, 1.54) is 6.08 Å². The van der Waals surface area contributed by atoms with Crippen LogP contribution >= 0.6 is 0 Å². The number of hydrogen-bond donors (Lipinski definition) is 1. The van der Waals surface area contributed by atoms with Gasteiger partial charge in [0.15, 0.2) is 5.78 Å². The molecule has 1 saturated heterocycles. The molecule has 1 saturated carbocycles. The summed E-state index contributed by atoms with van der Waals surface area (Å²) >= 11 is 0. The molecule has 0 spiro atoms. The average molecular weight is 262 g/mol. The van der Waals surface area contributed by atoms with Crippen molar-refractivity contribution in [2.45, 2.75) is 38.4 Å². The highest BCUT2D eigenvalue weighted by atomic mass is 16.6. The second-order valence-corrected chi connectivity index (χ2v) is 6.16. The summed E-state index contributed by atoms with van der Waals surface area (Å²) in [6.45, 7) is 7.44. The van der Waals surface area contributed by atoms with E-state index in [2.05, 4.69) is 6.58 Å². The van der Waals surface area contributed by atoms with Crippen LogP contribution in [0.25, 0.3) is 0 Å². The lowest BCUT2D eigenvalue weighted by atomic mass is 9.65. The van der Waals surface area contributed by atoms with Crippen molar-refractivity contribution >= 4 is 11.8 Å². The number of fused-ring (bicyclic) bond motifs is 3. The lowest BCUT2D eigenvalue weighted by molar-refractivity contribution is -0.165. The lowest BCUT2D eigenvalue weighted by Crippen LogP contribution is -2.56. The topological polar surface area (TPSA) is 63.6 Å². The average Bonchev–Trinajstić information content (AvgIpc) is 2.76. The molecule has 0 bridgehead atoms. The van der Waals surface area contributed by atoms with Crippen molar-refractivity contribution in [3.05, 3.63) is 24.3 Å². The molecule has 0 aromatic carbocycles. The van der Waals surface area contributed by atoms with E-state index in [-0.39, 0.29) is 17.6 Å². The maximum atomic E-state index is 12.3. The summed E-state index contributed by atoms with van der Waals surface area (Å²) in [5.74, 6) is -0.829. The van der Waals surface area contributed by atoms with Gasteiger partial charge in [-0.25, -0.2) is 4.79 Å². The molecule has 19 heavy (non-hydrogen) atoms. The molecule has 5 atom stereocenters. The Morgan fingerprint density at radius 3 is 2.79 bits per heavy atom. The molecule has 3 aliphatic rings. The van der Waals surface area contributed by atoms with Crippen LogP contribution in [0.4, 0.5) is 0 Å². The van der Waals surface area contributed by atoms with Gasteiger partial charge in [-0.15, -0.1) is 0 Å². The molecule has 0 amide bonds. The van der Waals surface area contributed by atoms with E-state index in [4.69, 9.17) is 4.74 Å². The first-order valence-electron chi connectivity index (χ1n) is 6.68. The summed E-state index contributed by atoms with van der Waals surface area (Å²) in [6.07, 6.45) is 3.85. The van der Waals surface area contributed by atoms with Crippen molar-refractivity contribution in [1.29, 1.82) is 0 Å². The number of aliphatic hydroxyl groups is 1. The van der Waals surface area contributed by atoms with Gasteiger partial charge in [0.2, 0.25) is 0 Å². The molecule has 0 radical (unpaired) electrons. The van der Waals surface area contributed by atoms with Crippen molar-refractivity contribution < 1.29 is 19.4 Å². The Morgan fingerprint density at radius 1 is 1.42 bits per heavy atom. The number of rotatable bonds is 0. The molecular weight excluding hydrogens is 244 g/mol. The maximum absolute atomic E-state index is 12.3. The van der Waals surface area contributed by atoms with E-state index in [1.807, 2.05) is 6.92 Å². The Kier molecular flexibility index (Phi) is 2.37. The molecule has 3 rings (SSSR count). The normalized spacial score (nSPS) is 48.8. The summed E-state index contributed by atoms with van der Waals surface area (Å²) in [5, 5.41) is 11.0. The fourth-order valence-electron chi connectivity index (χ4n) is 3.89. The highest BCUT2D eigenvalue weighted by Gasteiger charge is 2.66. The fourth-order valence-corrected chi connectivity index (χ4v) is 3.89. The third-order valence-electron chi connectivity index (χ3n) is 5.37. The summed E-state index contributed by atoms with van der Waals surface area (Å²) in [5.41, 5.74) is -1.90. The zero-order valence-corrected chi connectivity index (χ0v) is 11.2. The predicted molar refractivity (Wildman–Crippen MR) is 68.1 cm³/mol. The molecule has 102 valence electrons. The van der Waals surface area contributed by atoms with Gasteiger partial charge in [0.25, 0.3) is 0 Å². The van der Waals surface area contributed by atoms with Crippen LogP contribution in [0.15, 0.2) is 24.3 Å². The van der Waals surface area contributed by atoms with Crippen molar-refractivity contribution in [3.63, 3.8) is 0 Å². The van der Waals surface area contributed by atoms with Crippen LogP contribution < -0.4 is 0 Å². The Labute approximate surface area is 112 Å². The summed E-state index contributed by atoms with van der Waals surface area (Å²) < 4.78 is 5.40. The third-order valence-corrected chi connectivity index (χ3v) is 5.37. The number of allylic oxidation sites excluding steroid dienone is 1. The van der Waals surface area contributed by atoms with Gasteiger partial charge >= 0.3 is 5.97 Å². The Balaban J connectivity index is 2.16. The zero-order chi connectivity index (χ0) is 14.0. The molecule has 2 aliphatic carbocycles. The van der Waals surface area contributed by atoms with Crippen LogP contribution in [0.3, 0.4) is 0 Å². The first-order valence-corrected chi connectivity index (χ1v) is 6.68. The molecule has 4 nitrogen and oxygen atoms in total. The minimum Gasteiger partial charge on any atom is -0.457 e. The summed E-state index contributed by atoms with van der Waals surface area (Å²) in [7, 11) is 0. The van der Waals surface area contributed by atoms with Gasteiger partial charge in [0.1, 0.15) is 17.1 Å². The van der Waals surface area contributed by atoms with E-state index >= 15 is 0 Å². The van der Waals surface area contributed by atoms with Crippen molar-refractivity contribution in [2.75, 3.05) is 0 Å². The van der Waals surface area contributed by atoms with Gasteiger partial charge in [-0.3, -0.25) is 4.79 Å². The number of carbonyl (C=O) groups is 2. The highest BCUT2D eigenvalue weighted by Crippen LogP contribution is 2.56. The standard InChI is InChI=1S/C15H18O4/c1-8-4-5-10-9(2)13(17)19-12(10)14(3)11(16)6-7-15(8,14)18/h6-8,10,12,18H,2,4-5H2,1,3H3/t8-,10-,12-,14-,15+/m0/s1. The van der Waals surface area contributed by atoms with E-state index < -0.39 is 23.1 Å². The molecule has 2 fully saturated rings. The van der Waals surface area contributed by atoms with Crippen molar-refractivity contribution in [1.82, 2.24) is 0 Å². The van der Waals surface area contributed by atoms with Crippen molar-refractivity contribution in [2.24, 2.45) is 17.3 Å². The smallest absolute Gasteiger partial charge is 0.334 e. The highest BCUT2D eigenvalue weighted by molar-refractivity contribution is 6.01. The van der Waals surface area contributed by atoms with Crippen LogP contribution in [-0.2, 0) is 14.3 Å². The molecule has 4 heteroatoms. The number of ether oxygens (including phenoxy) is 1. The first kappa shape index (κ1) is 12.6. The summed E-state index contributed by atoms with van der Waals surface area (Å²) in [4.78, 5) is 24.1. The van der Waals surface area contributed by atoms with Crippen molar-refractivity contribution in [3.8, 4) is 0 Å². The second-order valence-electron chi connectivity index (χ2n) is 6.16. The second kappa shape index (κ2) is 3.57. The van der Waals surface area contributed by atoms with Gasteiger partial charge < -0.3 is 9.84 Å².